The molecule has 7 heteroatoms. The van der Waals surface area contributed by atoms with Gasteiger partial charge in [0.25, 0.3) is 5.91 Å². The standard InChI is InChI=1S/C14H23N5O2/c20-14(16-9-12-3-1-2-8-21-12)13-10-19(18-17-13)11-4-6-15-7-5-11/h10-12,15H,1-9H2,(H,16,20). The predicted molar refractivity (Wildman–Crippen MR) is 77.1 cm³/mol. The molecule has 2 N–H and O–H groups in total. The van der Waals surface area contributed by atoms with Crippen molar-refractivity contribution in [2.24, 2.45) is 0 Å². The average Bonchev–Trinajstić information content (AvgIpc) is 3.04. The van der Waals surface area contributed by atoms with E-state index in [9.17, 15) is 4.79 Å². The minimum absolute atomic E-state index is 0.141. The van der Waals surface area contributed by atoms with Gasteiger partial charge in [-0.15, -0.1) is 5.10 Å². The molecule has 0 spiro atoms. The predicted octanol–water partition coefficient (Wildman–Crippen LogP) is 0.502. The van der Waals surface area contributed by atoms with Gasteiger partial charge in [-0.1, -0.05) is 5.21 Å². The van der Waals surface area contributed by atoms with Crippen LogP contribution >= 0.6 is 0 Å². The second kappa shape index (κ2) is 7.00. The Bertz CT molecular complexity index is 464. The lowest BCUT2D eigenvalue weighted by Gasteiger charge is -2.22. The van der Waals surface area contributed by atoms with E-state index < -0.39 is 0 Å². The van der Waals surface area contributed by atoms with E-state index in [1.54, 1.807) is 6.20 Å². The molecule has 0 saturated carbocycles. The fraction of sp³-hybridized carbons (Fsp3) is 0.786. The molecular weight excluding hydrogens is 270 g/mol. The van der Waals surface area contributed by atoms with Crippen LogP contribution in [0.1, 0.15) is 48.6 Å². The van der Waals surface area contributed by atoms with E-state index in [4.69, 9.17) is 4.74 Å². The van der Waals surface area contributed by atoms with Crippen molar-refractivity contribution in [3.8, 4) is 0 Å². The maximum Gasteiger partial charge on any atom is 0.273 e. The Morgan fingerprint density at radius 3 is 3.00 bits per heavy atom. The first-order chi connectivity index (χ1) is 10.3. The Morgan fingerprint density at radius 1 is 1.38 bits per heavy atom. The number of amides is 1. The van der Waals surface area contributed by atoms with Gasteiger partial charge < -0.3 is 15.4 Å². The van der Waals surface area contributed by atoms with Crippen LogP contribution in [-0.2, 0) is 4.74 Å². The van der Waals surface area contributed by atoms with Crippen molar-refractivity contribution in [2.45, 2.75) is 44.2 Å². The molecule has 1 aromatic rings. The Kier molecular flexibility index (Phi) is 4.82. The van der Waals surface area contributed by atoms with Crippen molar-refractivity contribution in [2.75, 3.05) is 26.2 Å². The first-order valence-electron chi connectivity index (χ1n) is 7.85. The number of aromatic nitrogens is 3. The minimum atomic E-state index is -0.163. The van der Waals surface area contributed by atoms with Gasteiger partial charge in [0.2, 0.25) is 0 Å². The third kappa shape index (κ3) is 3.79. The molecule has 2 fully saturated rings. The molecule has 2 aliphatic heterocycles. The van der Waals surface area contributed by atoms with Gasteiger partial charge >= 0.3 is 0 Å². The maximum absolute atomic E-state index is 12.1. The number of hydrogen-bond donors (Lipinski definition) is 2. The molecule has 1 aromatic heterocycles. The van der Waals surface area contributed by atoms with Crippen molar-refractivity contribution >= 4 is 5.91 Å². The van der Waals surface area contributed by atoms with Crippen molar-refractivity contribution in [1.29, 1.82) is 0 Å². The number of nitrogens with zero attached hydrogens (tertiary/aromatic N) is 3. The highest BCUT2D eigenvalue weighted by molar-refractivity contribution is 5.91. The van der Waals surface area contributed by atoms with Crippen LogP contribution in [0.15, 0.2) is 6.20 Å². The summed E-state index contributed by atoms with van der Waals surface area (Å²) in [5.74, 6) is -0.163. The summed E-state index contributed by atoms with van der Waals surface area (Å²) in [6, 6.07) is 0.349. The molecule has 3 rings (SSSR count). The lowest BCUT2D eigenvalue weighted by atomic mass is 10.1. The van der Waals surface area contributed by atoms with Crippen LogP contribution in [0.3, 0.4) is 0 Å². The van der Waals surface area contributed by atoms with Gasteiger partial charge in [0.1, 0.15) is 0 Å². The zero-order chi connectivity index (χ0) is 14.5. The summed E-state index contributed by atoms with van der Waals surface area (Å²) in [6.07, 6.45) is 7.26. The SMILES string of the molecule is O=C(NCC1CCCCO1)c1cn(C2CCNCC2)nn1. The fourth-order valence-corrected chi connectivity index (χ4v) is 2.90. The number of ether oxygens (including phenoxy) is 1. The van der Waals surface area contributed by atoms with Gasteiger partial charge in [-0.25, -0.2) is 4.68 Å². The summed E-state index contributed by atoms with van der Waals surface area (Å²) < 4.78 is 7.43. The van der Waals surface area contributed by atoms with E-state index in [1.807, 2.05) is 4.68 Å². The summed E-state index contributed by atoms with van der Waals surface area (Å²) in [5, 5.41) is 14.3. The van der Waals surface area contributed by atoms with Crippen molar-refractivity contribution in [1.82, 2.24) is 25.6 Å². The molecular formula is C14H23N5O2. The number of hydrogen-bond acceptors (Lipinski definition) is 5. The van der Waals surface area contributed by atoms with Crippen LogP contribution in [0.2, 0.25) is 0 Å². The molecule has 0 bridgehead atoms. The number of rotatable bonds is 4. The van der Waals surface area contributed by atoms with Crippen LogP contribution in [0.25, 0.3) is 0 Å². The summed E-state index contributed by atoms with van der Waals surface area (Å²) in [6.45, 7) is 3.33. The Balaban J connectivity index is 1.51. The molecule has 7 nitrogen and oxygen atoms in total. The van der Waals surface area contributed by atoms with Crippen molar-refractivity contribution in [3.05, 3.63) is 11.9 Å². The third-order valence-corrected chi connectivity index (χ3v) is 4.19. The van der Waals surface area contributed by atoms with Gasteiger partial charge in [-0.05, 0) is 45.2 Å². The number of piperidine rings is 1. The summed E-state index contributed by atoms with van der Waals surface area (Å²) in [4.78, 5) is 12.1. The molecule has 3 heterocycles. The highest BCUT2D eigenvalue weighted by Gasteiger charge is 2.20. The van der Waals surface area contributed by atoms with E-state index in [0.717, 1.165) is 45.4 Å². The molecule has 2 saturated heterocycles. The number of carbonyl (C=O) groups excluding carboxylic acids is 1. The van der Waals surface area contributed by atoms with E-state index in [-0.39, 0.29) is 12.0 Å². The highest BCUT2D eigenvalue weighted by Crippen LogP contribution is 2.17. The Hall–Kier alpha value is -1.47. The first kappa shape index (κ1) is 14.5. The lowest BCUT2D eigenvalue weighted by molar-refractivity contribution is 0.0168. The molecule has 0 radical (unpaired) electrons. The third-order valence-electron chi connectivity index (χ3n) is 4.19. The molecule has 1 amide bonds. The Labute approximate surface area is 124 Å². The molecule has 0 aromatic carbocycles. The van der Waals surface area contributed by atoms with Crippen molar-refractivity contribution < 1.29 is 9.53 Å². The van der Waals surface area contributed by atoms with Crippen LogP contribution in [0, 0.1) is 0 Å². The summed E-state index contributed by atoms with van der Waals surface area (Å²) in [7, 11) is 0. The second-order valence-electron chi connectivity index (χ2n) is 5.76. The van der Waals surface area contributed by atoms with E-state index in [0.29, 0.717) is 18.3 Å². The molecule has 2 aliphatic rings. The van der Waals surface area contributed by atoms with Gasteiger partial charge in [-0.3, -0.25) is 4.79 Å². The van der Waals surface area contributed by atoms with Crippen LogP contribution in [-0.4, -0.2) is 53.2 Å². The topological polar surface area (TPSA) is 81.1 Å². The molecule has 0 aliphatic carbocycles. The van der Waals surface area contributed by atoms with Gasteiger partial charge in [0, 0.05) is 13.2 Å². The van der Waals surface area contributed by atoms with Crippen molar-refractivity contribution in [3.63, 3.8) is 0 Å². The van der Waals surface area contributed by atoms with E-state index >= 15 is 0 Å². The fourth-order valence-electron chi connectivity index (χ4n) is 2.90. The monoisotopic (exact) mass is 293 g/mol. The largest absolute Gasteiger partial charge is 0.376 e. The maximum atomic E-state index is 12.1. The quantitative estimate of drug-likeness (QED) is 0.845. The van der Waals surface area contributed by atoms with Crippen LogP contribution in [0.5, 0.6) is 0 Å². The van der Waals surface area contributed by atoms with Gasteiger partial charge in [0.15, 0.2) is 5.69 Å². The zero-order valence-corrected chi connectivity index (χ0v) is 12.3. The number of carbonyl (C=O) groups is 1. The molecule has 1 unspecified atom stereocenters. The normalized spacial score (nSPS) is 23.9. The van der Waals surface area contributed by atoms with Crippen LogP contribution in [0.4, 0.5) is 0 Å². The Morgan fingerprint density at radius 2 is 2.24 bits per heavy atom. The number of nitrogens with one attached hydrogen (secondary N) is 2. The smallest absolute Gasteiger partial charge is 0.273 e. The highest BCUT2D eigenvalue weighted by atomic mass is 16.5. The summed E-state index contributed by atoms with van der Waals surface area (Å²) in [5.41, 5.74) is 0.393. The average molecular weight is 293 g/mol. The molecule has 21 heavy (non-hydrogen) atoms. The van der Waals surface area contributed by atoms with Crippen LogP contribution < -0.4 is 10.6 Å². The second-order valence-corrected chi connectivity index (χ2v) is 5.76. The zero-order valence-electron chi connectivity index (χ0n) is 12.3. The lowest BCUT2D eigenvalue weighted by Crippen LogP contribution is -2.35. The van der Waals surface area contributed by atoms with E-state index in [1.165, 1.54) is 6.42 Å². The van der Waals surface area contributed by atoms with Gasteiger partial charge in [0.05, 0.1) is 18.3 Å². The van der Waals surface area contributed by atoms with E-state index in [2.05, 4.69) is 20.9 Å². The first-order valence-corrected chi connectivity index (χ1v) is 7.85. The minimum Gasteiger partial charge on any atom is -0.376 e. The molecule has 1 atom stereocenters. The summed E-state index contributed by atoms with van der Waals surface area (Å²) >= 11 is 0. The molecule has 116 valence electrons. The van der Waals surface area contributed by atoms with Gasteiger partial charge in [-0.2, -0.15) is 0 Å².